The largest absolute Gasteiger partial charge is 0.499 e. The van der Waals surface area contributed by atoms with Crippen LogP contribution in [0.5, 0.6) is 0 Å². The van der Waals surface area contributed by atoms with Crippen molar-refractivity contribution in [2.45, 2.75) is 25.0 Å². The van der Waals surface area contributed by atoms with Gasteiger partial charge in [-0.05, 0) is 25.3 Å². The van der Waals surface area contributed by atoms with Crippen molar-refractivity contribution in [1.82, 2.24) is 0 Å². The van der Waals surface area contributed by atoms with Gasteiger partial charge in [0.2, 0.25) is 0 Å². The minimum Gasteiger partial charge on any atom is -0.499 e. The van der Waals surface area contributed by atoms with Gasteiger partial charge in [0, 0.05) is 5.92 Å². The Morgan fingerprint density at radius 1 is 1.25 bits per heavy atom. The van der Waals surface area contributed by atoms with E-state index >= 15 is 0 Å². The molecule has 0 aromatic heterocycles. The summed E-state index contributed by atoms with van der Waals surface area (Å²) in [7, 11) is 0. The maximum absolute atomic E-state index is 5.86. The summed E-state index contributed by atoms with van der Waals surface area (Å²) < 4.78 is 16.4. The zero-order valence-corrected chi connectivity index (χ0v) is 9.64. The van der Waals surface area contributed by atoms with Crippen LogP contribution in [-0.4, -0.2) is 38.6 Å². The third-order valence-corrected chi connectivity index (χ3v) is 3.57. The van der Waals surface area contributed by atoms with Crippen LogP contribution in [0, 0.1) is 11.8 Å². The van der Waals surface area contributed by atoms with Gasteiger partial charge in [-0.25, -0.2) is 0 Å². The fourth-order valence-electron chi connectivity index (χ4n) is 2.69. The van der Waals surface area contributed by atoms with Crippen molar-refractivity contribution in [2.75, 3.05) is 26.4 Å². The van der Waals surface area contributed by atoms with E-state index in [1.807, 2.05) is 0 Å². The summed E-state index contributed by atoms with van der Waals surface area (Å²) in [5.41, 5.74) is 5.68. The summed E-state index contributed by atoms with van der Waals surface area (Å²) in [5, 5.41) is 0. The smallest absolute Gasteiger partial charge is 0.111 e. The monoisotopic (exact) mass is 227 g/mol. The molecule has 4 unspecified atom stereocenters. The molecule has 4 atom stereocenters. The van der Waals surface area contributed by atoms with E-state index in [4.69, 9.17) is 19.9 Å². The molecule has 2 aliphatic rings. The molecule has 2 fully saturated rings. The highest BCUT2D eigenvalue weighted by Crippen LogP contribution is 2.42. The zero-order chi connectivity index (χ0) is 11.4. The second-order valence-corrected chi connectivity index (χ2v) is 4.55. The second kappa shape index (κ2) is 5.66. The molecule has 2 rings (SSSR count). The SMILES string of the molecule is C=COCCOCC1CC2OC1CC2CN. The Kier molecular flexibility index (Phi) is 4.21. The zero-order valence-electron chi connectivity index (χ0n) is 9.64. The van der Waals surface area contributed by atoms with Crippen LogP contribution < -0.4 is 5.73 Å². The molecular weight excluding hydrogens is 206 g/mol. The second-order valence-electron chi connectivity index (χ2n) is 4.55. The standard InChI is InChI=1S/C12H21NO3/c1-2-14-3-4-15-8-10-6-11-9(7-13)5-12(10)16-11/h2,9-12H,1,3-8,13H2. The minimum absolute atomic E-state index is 0.374. The molecule has 92 valence electrons. The summed E-state index contributed by atoms with van der Waals surface area (Å²) in [6.07, 6.45) is 4.41. The van der Waals surface area contributed by atoms with E-state index < -0.39 is 0 Å². The average molecular weight is 227 g/mol. The molecule has 2 bridgehead atoms. The summed E-state index contributed by atoms with van der Waals surface area (Å²) in [6.45, 7) is 6.21. The molecular formula is C12H21NO3. The number of hydrogen-bond donors (Lipinski definition) is 1. The molecule has 0 amide bonds. The Morgan fingerprint density at radius 2 is 2.00 bits per heavy atom. The van der Waals surface area contributed by atoms with Gasteiger partial charge in [-0.2, -0.15) is 0 Å². The summed E-state index contributed by atoms with van der Waals surface area (Å²) in [6, 6.07) is 0. The molecule has 0 spiro atoms. The van der Waals surface area contributed by atoms with Crippen LogP contribution >= 0.6 is 0 Å². The maximum atomic E-state index is 5.86. The Bertz CT molecular complexity index is 234. The lowest BCUT2D eigenvalue weighted by atomic mass is 9.82. The van der Waals surface area contributed by atoms with Crippen molar-refractivity contribution >= 4 is 0 Å². The van der Waals surface area contributed by atoms with Gasteiger partial charge in [-0.1, -0.05) is 6.58 Å². The number of hydrogen-bond acceptors (Lipinski definition) is 4. The van der Waals surface area contributed by atoms with Gasteiger partial charge >= 0.3 is 0 Å². The maximum Gasteiger partial charge on any atom is 0.111 e. The van der Waals surface area contributed by atoms with Gasteiger partial charge in [-0.15, -0.1) is 0 Å². The lowest BCUT2D eigenvalue weighted by molar-refractivity contribution is 0.0348. The van der Waals surface area contributed by atoms with Gasteiger partial charge in [0.05, 0.1) is 31.7 Å². The first-order valence-electron chi connectivity index (χ1n) is 6.01. The Hall–Kier alpha value is -0.580. The molecule has 2 heterocycles. The van der Waals surface area contributed by atoms with Crippen LogP contribution in [0.3, 0.4) is 0 Å². The first kappa shape index (κ1) is 11.9. The Morgan fingerprint density at radius 3 is 2.62 bits per heavy atom. The normalized spacial score (nSPS) is 36.6. The fraction of sp³-hybridized carbons (Fsp3) is 0.833. The third kappa shape index (κ3) is 2.56. The molecule has 0 aromatic carbocycles. The average Bonchev–Trinajstić information content (AvgIpc) is 2.87. The van der Waals surface area contributed by atoms with E-state index in [1.54, 1.807) is 0 Å². The number of nitrogens with two attached hydrogens (primary N) is 1. The molecule has 0 aromatic rings. The van der Waals surface area contributed by atoms with Crippen LogP contribution in [0.1, 0.15) is 12.8 Å². The Balaban J connectivity index is 1.61. The van der Waals surface area contributed by atoms with Gasteiger partial charge in [0.15, 0.2) is 0 Å². The van der Waals surface area contributed by atoms with Crippen LogP contribution in [0.15, 0.2) is 12.8 Å². The predicted octanol–water partition coefficient (Wildman–Crippen LogP) is 0.915. The highest BCUT2D eigenvalue weighted by molar-refractivity contribution is 4.95. The van der Waals surface area contributed by atoms with E-state index in [1.165, 1.54) is 6.26 Å². The molecule has 16 heavy (non-hydrogen) atoms. The Labute approximate surface area is 96.7 Å². The number of fused-ring (bicyclic) bond motifs is 2. The van der Waals surface area contributed by atoms with E-state index in [0.29, 0.717) is 37.3 Å². The third-order valence-electron chi connectivity index (χ3n) is 3.57. The van der Waals surface area contributed by atoms with Crippen LogP contribution in [0.4, 0.5) is 0 Å². The molecule has 2 saturated heterocycles. The molecule has 2 N–H and O–H groups in total. The number of rotatable bonds is 7. The van der Waals surface area contributed by atoms with Crippen molar-refractivity contribution in [3.8, 4) is 0 Å². The highest BCUT2D eigenvalue weighted by atomic mass is 16.5. The fourth-order valence-corrected chi connectivity index (χ4v) is 2.69. The van der Waals surface area contributed by atoms with E-state index in [-0.39, 0.29) is 0 Å². The highest BCUT2D eigenvalue weighted by Gasteiger charge is 2.46. The first-order chi connectivity index (χ1) is 7.85. The minimum atomic E-state index is 0.374. The first-order valence-corrected chi connectivity index (χ1v) is 6.01. The van der Waals surface area contributed by atoms with Gasteiger partial charge in [0.1, 0.15) is 6.61 Å². The van der Waals surface area contributed by atoms with Crippen LogP contribution in [-0.2, 0) is 14.2 Å². The lowest BCUT2D eigenvalue weighted by Crippen LogP contribution is -2.30. The van der Waals surface area contributed by atoms with E-state index in [2.05, 4.69) is 6.58 Å². The van der Waals surface area contributed by atoms with Gasteiger partial charge < -0.3 is 19.9 Å². The molecule has 2 aliphatic heterocycles. The van der Waals surface area contributed by atoms with Gasteiger partial charge in [0.25, 0.3) is 0 Å². The summed E-state index contributed by atoms with van der Waals surface area (Å²) >= 11 is 0. The molecule has 0 aliphatic carbocycles. The van der Waals surface area contributed by atoms with Crippen LogP contribution in [0.25, 0.3) is 0 Å². The van der Waals surface area contributed by atoms with Crippen molar-refractivity contribution in [1.29, 1.82) is 0 Å². The van der Waals surface area contributed by atoms with Crippen LogP contribution in [0.2, 0.25) is 0 Å². The van der Waals surface area contributed by atoms with E-state index in [9.17, 15) is 0 Å². The van der Waals surface area contributed by atoms with Crippen molar-refractivity contribution in [3.63, 3.8) is 0 Å². The predicted molar refractivity (Wildman–Crippen MR) is 60.9 cm³/mol. The summed E-state index contributed by atoms with van der Waals surface area (Å²) in [5.74, 6) is 1.13. The quantitative estimate of drug-likeness (QED) is 0.519. The lowest BCUT2D eigenvalue weighted by Gasteiger charge is -2.23. The molecule has 4 nitrogen and oxygen atoms in total. The molecule has 4 heteroatoms. The van der Waals surface area contributed by atoms with Crippen molar-refractivity contribution < 1.29 is 14.2 Å². The van der Waals surface area contributed by atoms with Crippen molar-refractivity contribution in [2.24, 2.45) is 17.6 Å². The van der Waals surface area contributed by atoms with Gasteiger partial charge in [-0.3, -0.25) is 0 Å². The van der Waals surface area contributed by atoms with Crippen molar-refractivity contribution in [3.05, 3.63) is 12.8 Å². The van der Waals surface area contributed by atoms with E-state index in [0.717, 1.165) is 26.0 Å². The molecule has 0 radical (unpaired) electrons. The number of ether oxygens (including phenoxy) is 3. The summed E-state index contributed by atoms with van der Waals surface area (Å²) in [4.78, 5) is 0. The topological polar surface area (TPSA) is 53.7 Å². The molecule has 0 saturated carbocycles.